The molecule has 3 nitrogen and oxygen atoms in total. The maximum absolute atomic E-state index is 7.49. The van der Waals surface area contributed by atoms with E-state index in [0.717, 1.165) is 19.3 Å². The highest BCUT2D eigenvalue weighted by atomic mass is 35.5. The van der Waals surface area contributed by atoms with Gasteiger partial charge in [0.05, 0.1) is 22.5 Å². The van der Waals surface area contributed by atoms with Crippen molar-refractivity contribution in [1.29, 1.82) is 5.41 Å². The lowest BCUT2D eigenvalue weighted by atomic mass is 9.86. The Morgan fingerprint density at radius 1 is 1.20 bits per heavy atom. The lowest BCUT2D eigenvalue weighted by molar-refractivity contribution is 0.296. The van der Waals surface area contributed by atoms with E-state index in [1.807, 2.05) is 13.8 Å². The molecule has 0 amide bonds. The Morgan fingerprint density at radius 2 is 1.75 bits per heavy atom. The standard InChI is InChI=1S/C14H19Cl3N2O/c1-14(2,13(18)19)5-3-4-6-20-12-10(16)7-9(15)8-11(12)17/h7-8H,3-6H2,1-2H3,(H3,18,19). The highest BCUT2D eigenvalue weighted by Crippen LogP contribution is 2.36. The summed E-state index contributed by atoms with van der Waals surface area (Å²) in [6, 6.07) is 3.20. The molecule has 0 aromatic heterocycles. The van der Waals surface area contributed by atoms with Gasteiger partial charge < -0.3 is 10.5 Å². The Kier molecular flexibility index (Phi) is 6.44. The first-order valence-electron chi connectivity index (χ1n) is 6.36. The van der Waals surface area contributed by atoms with Crippen LogP contribution in [0.4, 0.5) is 0 Å². The van der Waals surface area contributed by atoms with E-state index in [4.69, 9.17) is 50.7 Å². The molecule has 3 N–H and O–H groups in total. The van der Waals surface area contributed by atoms with Crippen molar-refractivity contribution in [1.82, 2.24) is 0 Å². The number of nitrogens with two attached hydrogens (primary N) is 1. The number of halogens is 3. The molecule has 6 heteroatoms. The van der Waals surface area contributed by atoms with E-state index >= 15 is 0 Å². The fourth-order valence-electron chi connectivity index (χ4n) is 1.64. The molecular formula is C14H19Cl3N2O. The van der Waals surface area contributed by atoms with Crippen LogP contribution in [0.15, 0.2) is 12.1 Å². The molecule has 0 aliphatic carbocycles. The lowest BCUT2D eigenvalue weighted by Crippen LogP contribution is -2.30. The van der Waals surface area contributed by atoms with Crippen molar-refractivity contribution >= 4 is 40.6 Å². The summed E-state index contributed by atoms with van der Waals surface area (Å²) in [4.78, 5) is 0. The number of unbranched alkanes of at least 4 members (excludes halogenated alkanes) is 1. The van der Waals surface area contributed by atoms with Crippen molar-refractivity contribution in [2.75, 3.05) is 6.61 Å². The summed E-state index contributed by atoms with van der Waals surface area (Å²) < 4.78 is 5.59. The minimum absolute atomic E-state index is 0.210. The van der Waals surface area contributed by atoms with Crippen LogP contribution in [-0.2, 0) is 0 Å². The molecule has 1 rings (SSSR count). The second-order valence-electron chi connectivity index (χ2n) is 5.30. The number of nitrogens with one attached hydrogen (secondary N) is 1. The predicted octanol–water partition coefficient (Wildman–Crippen LogP) is 5.16. The maximum atomic E-state index is 7.49. The van der Waals surface area contributed by atoms with Crippen LogP contribution in [0, 0.1) is 10.8 Å². The zero-order valence-electron chi connectivity index (χ0n) is 11.6. The normalized spacial score (nSPS) is 11.4. The second-order valence-corrected chi connectivity index (χ2v) is 6.55. The summed E-state index contributed by atoms with van der Waals surface area (Å²) in [7, 11) is 0. The SMILES string of the molecule is CC(C)(CCCCOc1c(Cl)cc(Cl)cc1Cl)C(=N)N. The van der Waals surface area contributed by atoms with E-state index in [1.165, 1.54) is 0 Å². The van der Waals surface area contributed by atoms with E-state index in [-0.39, 0.29) is 11.3 Å². The third-order valence-electron chi connectivity index (χ3n) is 3.13. The first-order chi connectivity index (χ1) is 9.24. The summed E-state index contributed by atoms with van der Waals surface area (Å²) in [6.45, 7) is 4.43. The van der Waals surface area contributed by atoms with Gasteiger partial charge in [-0.05, 0) is 31.4 Å². The first kappa shape index (κ1) is 17.4. The van der Waals surface area contributed by atoms with E-state index in [2.05, 4.69) is 0 Å². The minimum Gasteiger partial charge on any atom is -0.490 e. The third-order valence-corrected chi connectivity index (χ3v) is 3.91. The maximum Gasteiger partial charge on any atom is 0.156 e. The van der Waals surface area contributed by atoms with Gasteiger partial charge in [0.1, 0.15) is 0 Å². The molecule has 112 valence electrons. The molecule has 20 heavy (non-hydrogen) atoms. The summed E-state index contributed by atoms with van der Waals surface area (Å²) >= 11 is 17.9. The average Bonchev–Trinajstić information content (AvgIpc) is 2.31. The van der Waals surface area contributed by atoms with Gasteiger partial charge in [-0.1, -0.05) is 48.7 Å². The van der Waals surface area contributed by atoms with Crippen molar-refractivity contribution in [3.8, 4) is 5.75 Å². The highest BCUT2D eigenvalue weighted by Gasteiger charge is 2.20. The van der Waals surface area contributed by atoms with E-state index in [0.29, 0.717) is 27.4 Å². The van der Waals surface area contributed by atoms with Crippen LogP contribution in [0.5, 0.6) is 5.75 Å². The van der Waals surface area contributed by atoms with Crippen LogP contribution in [0.2, 0.25) is 15.1 Å². The molecule has 0 spiro atoms. The Bertz CT molecular complexity index is 466. The summed E-state index contributed by atoms with van der Waals surface area (Å²) in [5, 5.41) is 8.79. The number of amidine groups is 1. The molecule has 0 fully saturated rings. The topological polar surface area (TPSA) is 59.1 Å². The smallest absolute Gasteiger partial charge is 0.156 e. The molecular weight excluding hydrogens is 319 g/mol. The van der Waals surface area contributed by atoms with Gasteiger partial charge >= 0.3 is 0 Å². The molecule has 0 unspecified atom stereocenters. The second kappa shape index (κ2) is 7.39. The zero-order valence-corrected chi connectivity index (χ0v) is 13.9. The molecule has 0 saturated heterocycles. The fourth-order valence-corrected chi connectivity index (χ4v) is 2.57. The molecule has 0 atom stereocenters. The third kappa shape index (κ3) is 5.04. The minimum atomic E-state index is -0.268. The van der Waals surface area contributed by atoms with Crippen molar-refractivity contribution in [2.24, 2.45) is 11.1 Å². The zero-order chi connectivity index (χ0) is 15.3. The average molecular weight is 338 g/mol. The molecule has 0 heterocycles. The van der Waals surface area contributed by atoms with Crippen molar-refractivity contribution in [3.63, 3.8) is 0 Å². The molecule has 0 saturated carbocycles. The van der Waals surface area contributed by atoms with Gasteiger partial charge in [-0.15, -0.1) is 0 Å². The first-order valence-corrected chi connectivity index (χ1v) is 7.49. The molecule has 0 radical (unpaired) electrons. The van der Waals surface area contributed by atoms with Crippen LogP contribution in [0.3, 0.4) is 0 Å². The molecule has 0 aliphatic heterocycles. The van der Waals surface area contributed by atoms with Crippen LogP contribution >= 0.6 is 34.8 Å². The van der Waals surface area contributed by atoms with Gasteiger partial charge in [0, 0.05) is 10.4 Å². The summed E-state index contributed by atoms with van der Waals surface area (Å²) in [5.74, 6) is 0.672. The van der Waals surface area contributed by atoms with Gasteiger partial charge in [-0.25, -0.2) is 0 Å². The Balaban J connectivity index is 2.41. The molecule has 0 bridgehead atoms. The van der Waals surface area contributed by atoms with Gasteiger partial charge in [0.2, 0.25) is 0 Å². The monoisotopic (exact) mass is 336 g/mol. The number of ether oxygens (including phenoxy) is 1. The van der Waals surface area contributed by atoms with Gasteiger partial charge in [-0.3, -0.25) is 5.41 Å². The number of rotatable bonds is 7. The van der Waals surface area contributed by atoms with E-state index < -0.39 is 0 Å². The van der Waals surface area contributed by atoms with Crippen LogP contribution in [-0.4, -0.2) is 12.4 Å². The lowest BCUT2D eigenvalue weighted by Gasteiger charge is -2.22. The highest BCUT2D eigenvalue weighted by molar-refractivity contribution is 6.40. The van der Waals surface area contributed by atoms with Crippen LogP contribution in [0.25, 0.3) is 0 Å². The number of hydrogen-bond acceptors (Lipinski definition) is 2. The number of benzene rings is 1. The van der Waals surface area contributed by atoms with Gasteiger partial charge in [0.25, 0.3) is 0 Å². The van der Waals surface area contributed by atoms with E-state index in [1.54, 1.807) is 12.1 Å². The quantitative estimate of drug-likeness (QED) is 0.410. The molecule has 0 aliphatic rings. The predicted molar refractivity (Wildman–Crippen MR) is 86.5 cm³/mol. The van der Waals surface area contributed by atoms with Crippen LogP contribution in [0.1, 0.15) is 33.1 Å². The van der Waals surface area contributed by atoms with Gasteiger partial charge in [0.15, 0.2) is 5.75 Å². The number of hydrogen-bond donors (Lipinski definition) is 2. The molecule has 1 aromatic carbocycles. The Hall–Kier alpha value is -0.640. The van der Waals surface area contributed by atoms with Crippen LogP contribution < -0.4 is 10.5 Å². The van der Waals surface area contributed by atoms with Crippen molar-refractivity contribution in [3.05, 3.63) is 27.2 Å². The Morgan fingerprint density at radius 3 is 2.25 bits per heavy atom. The van der Waals surface area contributed by atoms with Gasteiger partial charge in [-0.2, -0.15) is 0 Å². The van der Waals surface area contributed by atoms with E-state index in [9.17, 15) is 0 Å². The van der Waals surface area contributed by atoms with Crippen molar-refractivity contribution < 1.29 is 4.74 Å². The summed E-state index contributed by atoms with van der Waals surface area (Å²) in [6.07, 6.45) is 2.59. The fraction of sp³-hybridized carbons (Fsp3) is 0.500. The largest absolute Gasteiger partial charge is 0.490 e. The molecule has 1 aromatic rings. The summed E-state index contributed by atoms with van der Waals surface area (Å²) in [5.41, 5.74) is 5.27. The van der Waals surface area contributed by atoms with Crippen molar-refractivity contribution in [2.45, 2.75) is 33.1 Å². The Labute approximate surface area is 134 Å².